The number of thiazole rings is 1. The minimum Gasteiger partial charge on any atom is -0.306 e. The minimum absolute atomic E-state index is 0. The molecule has 8 heteroatoms. The number of hydrogen-bond donors (Lipinski definition) is 0. The second kappa shape index (κ2) is 9.04. The second-order valence-corrected chi connectivity index (χ2v) is 9.77. The molecule has 2 aromatic carbocycles. The minimum atomic E-state index is -0.706. The number of imidazole rings is 1. The molecule has 0 atom stereocenters. The largest absolute Gasteiger partial charge is 0.306 e. The van der Waals surface area contributed by atoms with Crippen molar-refractivity contribution in [1.29, 1.82) is 0 Å². The Morgan fingerprint density at radius 2 is 1.91 bits per heavy atom. The first-order valence-corrected chi connectivity index (χ1v) is 12.0. The maximum Gasteiger partial charge on any atom is 0.195 e. The Bertz CT molecular complexity index is 1370. The second-order valence-electron chi connectivity index (χ2n) is 8.77. The first-order valence-electron chi connectivity index (χ1n) is 11.2. The monoisotopic (exact) mass is 497 g/mol. The van der Waals surface area contributed by atoms with E-state index < -0.39 is 11.6 Å². The summed E-state index contributed by atoms with van der Waals surface area (Å²) in [7, 11) is 0. The van der Waals surface area contributed by atoms with Crippen LogP contribution in [0.5, 0.6) is 0 Å². The van der Waals surface area contributed by atoms with Crippen LogP contribution in [0.15, 0.2) is 48.9 Å². The summed E-state index contributed by atoms with van der Waals surface area (Å²) in [5.74, 6) is -1.18. The average Bonchev–Trinajstić information content (AvgIpc) is 3.43. The first kappa shape index (κ1) is 22.9. The third-order valence-electron chi connectivity index (χ3n) is 6.43. The van der Waals surface area contributed by atoms with Crippen LogP contribution < -0.4 is 0 Å². The van der Waals surface area contributed by atoms with Crippen molar-refractivity contribution >= 4 is 29.5 Å². The fourth-order valence-corrected chi connectivity index (χ4v) is 5.56. The summed E-state index contributed by atoms with van der Waals surface area (Å²) in [5, 5.41) is 0.305. The summed E-state index contributed by atoms with van der Waals surface area (Å²) in [6, 6.07) is 10.0. The van der Waals surface area contributed by atoms with E-state index in [1.807, 2.05) is 10.9 Å². The molecule has 174 valence electrons. The van der Waals surface area contributed by atoms with Gasteiger partial charge in [0.15, 0.2) is 10.8 Å². The predicted octanol–water partition coefficient (Wildman–Crippen LogP) is 6.49. The van der Waals surface area contributed by atoms with Crippen molar-refractivity contribution in [3.8, 4) is 16.1 Å². The summed E-state index contributed by atoms with van der Waals surface area (Å²) in [6.45, 7) is 0. The molecule has 2 aromatic heterocycles. The van der Waals surface area contributed by atoms with Crippen LogP contribution in [0.4, 0.5) is 8.78 Å². The van der Waals surface area contributed by atoms with Gasteiger partial charge in [-0.05, 0) is 67.5 Å². The molecule has 4 nitrogen and oxygen atoms in total. The normalized spacial score (nSPS) is 14.6. The van der Waals surface area contributed by atoms with Gasteiger partial charge in [-0.1, -0.05) is 12.1 Å². The third-order valence-corrected chi connectivity index (χ3v) is 7.60. The number of ketones is 1. The molecule has 1 fully saturated rings. The van der Waals surface area contributed by atoms with Crippen LogP contribution in [0.3, 0.4) is 0 Å². The highest BCUT2D eigenvalue weighted by molar-refractivity contribution is 7.17. The lowest BCUT2D eigenvalue weighted by Gasteiger charge is -2.09. The lowest BCUT2D eigenvalue weighted by atomic mass is 10.0. The summed E-state index contributed by atoms with van der Waals surface area (Å²) >= 11 is 1.32. The van der Waals surface area contributed by atoms with Crippen LogP contribution in [0, 0.1) is 11.6 Å². The molecule has 2 aliphatic rings. The molecule has 0 radical (unpaired) electrons. The van der Waals surface area contributed by atoms with Crippen molar-refractivity contribution in [1.82, 2.24) is 14.5 Å². The zero-order valence-electron chi connectivity index (χ0n) is 18.3. The Kier molecular flexibility index (Phi) is 6.08. The van der Waals surface area contributed by atoms with Crippen LogP contribution in [0.25, 0.3) is 16.1 Å². The van der Waals surface area contributed by atoms with E-state index in [1.165, 1.54) is 47.9 Å². The Morgan fingerprint density at radius 3 is 2.68 bits per heavy atom. The predicted molar refractivity (Wildman–Crippen MR) is 130 cm³/mol. The SMILES string of the molecule is Cl.O=C(Cc1c(F)cccc1F)c1nc2c(s1)-c1cc(-n3cnc(C4CC4)c3)ccc1CCC2. The number of fused-ring (bicyclic) bond motifs is 3. The van der Waals surface area contributed by atoms with E-state index in [9.17, 15) is 13.6 Å². The van der Waals surface area contributed by atoms with Gasteiger partial charge >= 0.3 is 0 Å². The smallest absolute Gasteiger partial charge is 0.195 e. The zero-order valence-corrected chi connectivity index (χ0v) is 19.9. The van der Waals surface area contributed by atoms with Gasteiger partial charge < -0.3 is 4.57 Å². The highest BCUT2D eigenvalue weighted by Gasteiger charge is 2.27. The van der Waals surface area contributed by atoms with Crippen LogP contribution in [-0.2, 0) is 19.3 Å². The molecular formula is C26H22ClF2N3OS. The molecule has 6 rings (SSSR count). The quantitative estimate of drug-likeness (QED) is 0.296. The van der Waals surface area contributed by atoms with Gasteiger partial charge in [-0.3, -0.25) is 4.79 Å². The maximum atomic E-state index is 14.0. The molecule has 1 saturated carbocycles. The number of rotatable bonds is 5. The van der Waals surface area contributed by atoms with Gasteiger partial charge in [0, 0.05) is 29.8 Å². The van der Waals surface area contributed by atoms with E-state index in [4.69, 9.17) is 0 Å². The van der Waals surface area contributed by atoms with Crippen LogP contribution in [0.1, 0.15) is 57.5 Å². The molecule has 0 N–H and O–H groups in total. The number of Topliss-reactive ketones (excluding diaryl/α,β-unsaturated/α-hetero) is 1. The first-order chi connectivity index (χ1) is 16.1. The fourth-order valence-electron chi connectivity index (χ4n) is 4.46. The van der Waals surface area contributed by atoms with Crippen molar-refractivity contribution < 1.29 is 13.6 Å². The number of carbonyl (C=O) groups is 1. The van der Waals surface area contributed by atoms with Gasteiger partial charge in [-0.15, -0.1) is 23.7 Å². The molecule has 0 bridgehead atoms. The number of hydrogen-bond acceptors (Lipinski definition) is 4. The Labute approximate surface area is 206 Å². The van der Waals surface area contributed by atoms with Gasteiger partial charge in [0.25, 0.3) is 0 Å². The summed E-state index contributed by atoms with van der Waals surface area (Å²) in [6.07, 6.45) is 8.69. The van der Waals surface area contributed by atoms with Crippen molar-refractivity contribution in [2.45, 2.75) is 44.4 Å². The summed E-state index contributed by atoms with van der Waals surface area (Å²) in [5.41, 5.74) is 5.14. The van der Waals surface area contributed by atoms with Crippen LogP contribution in [-0.4, -0.2) is 20.3 Å². The highest BCUT2D eigenvalue weighted by atomic mass is 35.5. The Hall–Kier alpha value is -2.90. The van der Waals surface area contributed by atoms with Gasteiger partial charge in [0.1, 0.15) is 11.6 Å². The van der Waals surface area contributed by atoms with Gasteiger partial charge in [-0.25, -0.2) is 18.7 Å². The molecule has 4 aromatic rings. The van der Waals surface area contributed by atoms with E-state index in [-0.39, 0.29) is 30.2 Å². The third kappa shape index (κ3) is 4.18. The number of nitrogens with zero attached hydrogens (tertiary/aromatic N) is 3. The van der Waals surface area contributed by atoms with Gasteiger partial charge in [0.2, 0.25) is 0 Å². The molecule has 0 amide bonds. The van der Waals surface area contributed by atoms with E-state index in [1.54, 1.807) is 0 Å². The number of halogens is 3. The van der Waals surface area contributed by atoms with Crippen molar-refractivity contribution in [3.05, 3.63) is 88.1 Å². The number of aryl methyl sites for hydroxylation is 2. The van der Waals surface area contributed by atoms with E-state index >= 15 is 0 Å². The maximum absolute atomic E-state index is 14.0. The van der Waals surface area contributed by atoms with E-state index in [0.29, 0.717) is 10.9 Å². The highest BCUT2D eigenvalue weighted by Crippen LogP contribution is 2.40. The topological polar surface area (TPSA) is 47.8 Å². The number of aromatic nitrogens is 3. The average molecular weight is 498 g/mol. The molecule has 0 spiro atoms. The Balaban J connectivity index is 0.00000241. The molecule has 0 saturated heterocycles. The molecular weight excluding hydrogens is 476 g/mol. The molecule has 2 aliphatic carbocycles. The molecule has 34 heavy (non-hydrogen) atoms. The van der Waals surface area contributed by atoms with Crippen molar-refractivity contribution in [3.63, 3.8) is 0 Å². The zero-order chi connectivity index (χ0) is 22.5. The molecule has 2 heterocycles. The van der Waals surface area contributed by atoms with E-state index in [2.05, 4.69) is 34.4 Å². The lowest BCUT2D eigenvalue weighted by molar-refractivity contribution is 0.0990. The standard InChI is InChI=1S/C26H21F2N3OS.ClH/c27-20-4-2-5-21(28)19(20)12-24(32)26-30-22-6-1-3-15-9-10-17(11-18(15)25(22)33-26)31-13-23(29-14-31)16-7-8-16;/h2,4-5,9-11,13-14,16H,1,3,6-8,12H2;1H. The molecule has 0 unspecified atom stereocenters. The lowest BCUT2D eigenvalue weighted by Crippen LogP contribution is -2.07. The van der Waals surface area contributed by atoms with Gasteiger partial charge in [-0.2, -0.15) is 0 Å². The summed E-state index contributed by atoms with van der Waals surface area (Å²) < 4.78 is 30.1. The fraction of sp³-hybridized carbons (Fsp3) is 0.269. The van der Waals surface area contributed by atoms with Gasteiger partial charge in [0.05, 0.1) is 22.6 Å². The van der Waals surface area contributed by atoms with Crippen LogP contribution >= 0.6 is 23.7 Å². The number of carbonyl (C=O) groups excluding carboxylic acids is 1. The summed E-state index contributed by atoms with van der Waals surface area (Å²) in [4.78, 5) is 23.0. The number of benzene rings is 2. The van der Waals surface area contributed by atoms with Crippen molar-refractivity contribution in [2.24, 2.45) is 0 Å². The Morgan fingerprint density at radius 1 is 1.12 bits per heavy atom. The van der Waals surface area contributed by atoms with Crippen molar-refractivity contribution in [2.75, 3.05) is 0 Å². The van der Waals surface area contributed by atoms with E-state index in [0.717, 1.165) is 46.8 Å². The molecule has 0 aliphatic heterocycles. The van der Waals surface area contributed by atoms with Crippen LogP contribution in [0.2, 0.25) is 0 Å².